The van der Waals surface area contributed by atoms with Crippen molar-refractivity contribution < 1.29 is 0 Å². The van der Waals surface area contributed by atoms with Crippen LogP contribution < -0.4 is 0 Å². The molecule has 0 aromatic carbocycles. The first-order valence-electron chi connectivity index (χ1n) is 3.39. The first-order valence-corrected chi connectivity index (χ1v) is 3.39. The van der Waals surface area contributed by atoms with Crippen molar-refractivity contribution in [3.05, 3.63) is 17.3 Å². The number of H-pyrrole nitrogens is 1. The van der Waals surface area contributed by atoms with Gasteiger partial charge in [0.2, 0.25) is 0 Å². The number of aromatic amines is 1. The molecular weight excluding hydrogens is 124 g/mol. The Morgan fingerprint density at radius 3 is 2.60 bits per heavy atom. The summed E-state index contributed by atoms with van der Waals surface area (Å²) in [6, 6.07) is 2.09. The number of aryl methyl sites for hydroxylation is 2. The molecule has 0 aliphatic rings. The van der Waals surface area contributed by atoms with E-state index in [9.17, 15) is 0 Å². The van der Waals surface area contributed by atoms with E-state index in [0.717, 1.165) is 11.5 Å². The maximum atomic E-state index is 4.15. The van der Waals surface area contributed by atoms with Gasteiger partial charge < -0.3 is 4.98 Å². The quantitative estimate of drug-likeness (QED) is 0.574. The standard InChI is InChI=1S/C8H12N2/c1-4-9-8-6(2)5-7(3)10-8/h4-5,10H,1-3H3. The zero-order valence-corrected chi connectivity index (χ0v) is 6.60. The van der Waals surface area contributed by atoms with Crippen molar-refractivity contribution in [1.82, 2.24) is 4.98 Å². The molecule has 2 nitrogen and oxygen atoms in total. The number of aliphatic imine (C=N–C) groups is 1. The molecule has 1 rings (SSSR count). The van der Waals surface area contributed by atoms with Gasteiger partial charge in [0.1, 0.15) is 5.82 Å². The topological polar surface area (TPSA) is 28.1 Å². The molecule has 0 spiro atoms. The summed E-state index contributed by atoms with van der Waals surface area (Å²) in [6.07, 6.45) is 1.79. The lowest BCUT2D eigenvalue weighted by atomic mass is 10.3. The molecule has 1 heterocycles. The minimum atomic E-state index is 0.972. The molecule has 1 aromatic rings. The molecule has 0 amide bonds. The van der Waals surface area contributed by atoms with Crippen LogP contribution in [0.1, 0.15) is 18.2 Å². The molecule has 1 N–H and O–H groups in total. The highest BCUT2D eigenvalue weighted by molar-refractivity contribution is 5.60. The summed E-state index contributed by atoms with van der Waals surface area (Å²) in [6.45, 7) is 5.99. The third-order valence-electron chi connectivity index (χ3n) is 1.38. The minimum absolute atomic E-state index is 0.972. The van der Waals surface area contributed by atoms with Crippen molar-refractivity contribution in [2.75, 3.05) is 0 Å². The number of aromatic nitrogens is 1. The van der Waals surface area contributed by atoms with Crippen molar-refractivity contribution in [2.45, 2.75) is 20.8 Å². The van der Waals surface area contributed by atoms with Gasteiger partial charge in [-0.15, -0.1) is 0 Å². The lowest BCUT2D eigenvalue weighted by Crippen LogP contribution is -1.68. The van der Waals surface area contributed by atoms with Crippen molar-refractivity contribution in [3.8, 4) is 0 Å². The normalized spacial score (nSPS) is 11.1. The zero-order chi connectivity index (χ0) is 7.56. The average Bonchev–Trinajstić information content (AvgIpc) is 2.13. The van der Waals surface area contributed by atoms with E-state index in [1.165, 1.54) is 5.56 Å². The lowest BCUT2D eigenvalue weighted by Gasteiger charge is -1.86. The Morgan fingerprint density at radius 2 is 2.20 bits per heavy atom. The number of hydrogen-bond acceptors (Lipinski definition) is 1. The molecule has 0 saturated carbocycles. The number of hydrogen-bond donors (Lipinski definition) is 1. The van der Waals surface area contributed by atoms with E-state index in [-0.39, 0.29) is 0 Å². The van der Waals surface area contributed by atoms with Crippen LogP contribution >= 0.6 is 0 Å². The van der Waals surface area contributed by atoms with Gasteiger partial charge in [0.25, 0.3) is 0 Å². The van der Waals surface area contributed by atoms with E-state index < -0.39 is 0 Å². The molecule has 0 radical (unpaired) electrons. The molecule has 2 heteroatoms. The maximum Gasteiger partial charge on any atom is 0.132 e. The Kier molecular flexibility index (Phi) is 1.90. The summed E-state index contributed by atoms with van der Waals surface area (Å²) in [4.78, 5) is 7.29. The second kappa shape index (κ2) is 2.69. The molecule has 0 aliphatic heterocycles. The van der Waals surface area contributed by atoms with Crippen LogP contribution in [0.15, 0.2) is 11.1 Å². The summed E-state index contributed by atoms with van der Waals surface area (Å²) < 4.78 is 0. The Hall–Kier alpha value is -1.05. The van der Waals surface area contributed by atoms with Gasteiger partial charge in [0.15, 0.2) is 0 Å². The van der Waals surface area contributed by atoms with Crippen LogP contribution in [0.3, 0.4) is 0 Å². The molecule has 0 unspecified atom stereocenters. The Bertz CT molecular complexity index is 246. The van der Waals surface area contributed by atoms with Gasteiger partial charge in [-0.2, -0.15) is 0 Å². The Balaban J connectivity index is 3.03. The number of nitrogens with one attached hydrogen (secondary N) is 1. The van der Waals surface area contributed by atoms with Crippen LogP contribution in [0, 0.1) is 13.8 Å². The van der Waals surface area contributed by atoms with Gasteiger partial charge in [0.05, 0.1) is 0 Å². The average molecular weight is 136 g/mol. The second-order valence-corrected chi connectivity index (χ2v) is 2.37. The summed E-state index contributed by atoms with van der Waals surface area (Å²) in [7, 11) is 0. The molecule has 0 bridgehead atoms. The summed E-state index contributed by atoms with van der Waals surface area (Å²) in [5.41, 5.74) is 2.37. The maximum absolute atomic E-state index is 4.15. The molecule has 0 atom stereocenters. The number of rotatable bonds is 1. The van der Waals surface area contributed by atoms with Crippen molar-refractivity contribution in [2.24, 2.45) is 4.99 Å². The van der Waals surface area contributed by atoms with Gasteiger partial charge in [-0.25, -0.2) is 4.99 Å². The van der Waals surface area contributed by atoms with E-state index in [0.29, 0.717) is 0 Å². The van der Waals surface area contributed by atoms with E-state index in [1.807, 2.05) is 20.8 Å². The molecule has 0 aliphatic carbocycles. The van der Waals surface area contributed by atoms with Crippen molar-refractivity contribution in [3.63, 3.8) is 0 Å². The van der Waals surface area contributed by atoms with Gasteiger partial charge >= 0.3 is 0 Å². The third-order valence-corrected chi connectivity index (χ3v) is 1.38. The van der Waals surface area contributed by atoms with Gasteiger partial charge in [-0.1, -0.05) is 0 Å². The highest BCUT2D eigenvalue weighted by Gasteiger charge is 1.96. The molecule has 54 valence electrons. The highest BCUT2D eigenvalue weighted by Crippen LogP contribution is 2.16. The van der Waals surface area contributed by atoms with Crippen LogP contribution in [0.4, 0.5) is 5.82 Å². The first kappa shape index (κ1) is 7.06. The van der Waals surface area contributed by atoms with Gasteiger partial charge in [0, 0.05) is 11.9 Å². The monoisotopic (exact) mass is 136 g/mol. The largest absolute Gasteiger partial charge is 0.344 e. The predicted octanol–water partition coefficient (Wildman–Crippen LogP) is 2.35. The summed E-state index contributed by atoms with van der Waals surface area (Å²) >= 11 is 0. The van der Waals surface area contributed by atoms with Gasteiger partial charge in [-0.3, -0.25) is 0 Å². The van der Waals surface area contributed by atoms with E-state index in [2.05, 4.69) is 16.0 Å². The fraction of sp³-hybridized carbons (Fsp3) is 0.375. The summed E-state index contributed by atoms with van der Waals surface area (Å²) in [5, 5.41) is 0. The van der Waals surface area contributed by atoms with Crippen LogP contribution in [0.2, 0.25) is 0 Å². The predicted molar refractivity (Wildman–Crippen MR) is 44.1 cm³/mol. The fourth-order valence-corrected chi connectivity index (χ4v) is 0.978. The molecule has 1 aromatic heterocycles. The van der Waals surface area contributed by atoms with Crippen molar-refractivity contribution in [1.29, 1.82) is 0 Å². The third kappa shape index (κ3) is 1.26. The Labute approximate surface area is 61.0 Å². The molecular formula is C8H12N2. The second-order valence-electron chi connectivity index (χ2n) is 2.37. The highest BCUT2D eigenvalue weighted by atomic mass is 14.9. The Morgan fingerprint density at radius 1 is 1.50 bits per heavy atom. The van der Waals surface area contributed by atoms with Gasteiger partial charge in [-0.05, 0) is 32.4 Å². The molecule has 0 saturated heterocycles. The van der Waals surface area contributed by atoms with E-state index in [4.69, 9.17) is 0 Å². The van der Waals surface area contributed by atoms with Crippen LogP contribution in [-0.4, -0.2) is 11.2 Å². The fourth-order valence-electron chi connectivity index (χ4n) is 0.978. The summed E-state index contributed by atoms with van der Waals surface area (Å²) in [5.74, 6) is 0.972. The molecule has 0 fully saturated rings. The smallest absolute Gasteiger partial charge is 0.132 e. The zero-order valence-electron chi connectivity index (χ0n) is 6.60. The molecule has 10 heavy (non-hydrogen) atoms. The first-order chi connectivity index (χ1) is 4.74. The van der Waals surface area contributed by atoms with Crippen LogP contribution in [0.5, 0.6) is 0 Å². The van der Waals surface area contributed by atoms with Crippen molar-refractivity contribution >= 4 is 12.0 Å². The van der Waals surface area contributed by atoms with E-state index >= 15 is 0 Å². The van der Waals surface area contributed by atoms with Crippen LogP contribution in [-0.2, 0) is 0 Å². The SMILES string of the molecule is CC=Nc1[nH]c(C)cc1C. The van der Waals surface area contributed by atoms with Crippen LogP contribution in [0.25, 0.3) is 0 Å². The van der Waals surface area contributed by atoms with E-state index in [1.54, 1.807) is 6.21 Å². The lowest BCUT2D eigenvalue weighted by molar-refractivity contribution is 1.24. The number of nitrogens with zero attached hydrogens (tertiary/aromatic N) is 1. The minimum Gasteiger partial charge on any atom is -0.344 e.